The van der Waals surface area contributed by atoms with Crippen LogP contribution >= 0.6 is 0 Å². The summed E-state index contributed by atoms with van der Waals surface area (Å²) in [7, 11) is 0. The molecule has 124 valence electrons. The standard InChI is InChI=1S/C18H26N4O/c23-18(19-15-9-4-2-1-3-5-10-15)13-8-12-17-21-20-16-11-6-7-14-22(16)17/h6-7,11,14-15H,1-5,8-10,12-13H2,(H,19,23). The molecule has 0 atom stereocenters. The zero-order valence-corrected chi connectivity index (χ0v) is 13.7. The molecule has 0 saturated heterocycles. The summed E-state index contributed by atoms with van der Waals surface area (Å²) >= 11 is 0. The summed E-state index contributed by atoms with van der Waals surface area (Å²) < 4.78 is 1.99. The second-order valence-electron chi connectivity index (χ2n) is 6.51. The lowest BCUT2D eigenvalue weighted by atomic mass is 9.96. The number of hydrogen-bond donors (Lipinski definition) is 1. The van der Waals surface area contributed by atoms with E-state index >= 15 is 0 Å². The monoisotopic (exact) mass is 314 g/mol. The first-order chi connectivity index (χ1) is 11.3. The smallest absolute Gasteiger partial charge is 0.220 e. The van der Waals surface area contributed by atoms with Gasteiger partial charge in [-0.1, -0.05) is 38.2 Å². The van der Waals surface area contributed by atoms with Gasteiger partial charge in [-0.15, -0.1) is 10.2 Å². The van der Waals surface area contributed by atoms with Gasteiger partial charge in [-0.25, -0.2) is 0 Å². The number of carbonyl (C=O) groups excluding carboxylic acids is 1. The van der Waals surface area contributed by atoms with Gasteiger partial charge in [0.25, 0.3) is 0 Å². The number of carbonyl (C=O) groups is 1. The van der Waals surface area contributed by atoms with Gasteiger partial charge < -0.3 is 5.32 Å². The number of aromatic nitrogens is 3. The lowest BCUT2D eigenvalue weighted by Crippen LogP contribution is -2.35. The van der Waals surface area contributed by atoms with E-state index < -0.39 is 0 Å². The Kier molecular flexibility index (Phi) is 5.61. The van der Waals surface area contributed by atoms with Crippen molar-refractivity contribution in [2.24, 2.45) is 0 Å². The minimum atomic E-state index is 0.185. The molecule has 1 fully saturated rings. The van der Waals surface area contributed by atoms with Crippen LogP contribution in [0.25, 0.3) is 5.65 Å². The molecule has 2 aromatic rings. The number of rotatable bonds is 5. The van der Waals surface area contributed by atoms with Gasteiger partial charge in [0.05, 0.1) is 0 Å². The lowest BCUT2D eigenvalue weighted by molar-refractivity contribution is -0.122. The molecular formula is C18H26N4O. The van der Waals surface area contributed by atoms with Gasteiger partial charge in [0.15, 0.2) is 5.65 Å². The van der Waals surface area contributed by atoms with Crippen molar-refractivity contribution in [1.29, 1.82) is 0 Å². The van der Waals surface area contributed by atoms with Gasteiger partial charge in [-0.3, -0.25) is 9.20 Å². The van der Waals surface area contributed by atoms with Crippen molar-refractivity contribution < 1.29 is 4.79 Å². The highest BCUT2D eigenvalue weighted by molar-refractivity contribution is 5.76. The minimum Gasteiger partial charge on any atom is -0.353 e. The first-order valence-corrected chi connectivity index (χ1v) is 8.91. The molecule has 5 nitrogen and oxygen atoms in total. The maximum atomic E-state index is 12.1. The van der Waals surface area contributed by atoms with Crippen LogP contribution in [0.4, 0.5) is 0 Å². The number of nitrogens with zero attached hydrogens (tertiary/aromatic N) is 3. The van der Waals surface area contributed by atoms with E-state index in [0.29, 0.717) is 12.5 Å². The summed E-state index contributed by atoms with van der Waals surface area (Å²) in [5.41, 5.74) is 0.862. The third-order valence-corrected chi connectivity index (χ3v) is 4.66. The van der Waals surface area contributed by atoms with Crippen LogP contribution in [-0.2, 0) is 11.2 Å². The van der Waals surface area contributed by atoms with Crippen molar-refractivity contribution in [1.82, 2.24) is 19.9 Å². The Morgan fingerprint density at radius 2 is 1.91 bits per heavy atom. The number of nitrogens with one attached hydrogen (secondary N) is 1. The van der Waals surface area contributed by atoms with E-state index in [0.717, 1.165) is 37.2 Å². The van der Waals surface area contributed by atoms with Crippen molar-refractivity contribution in [3.8, 4) is 0 Å². The van der Waals surface area contributed by atoms with E-state index in [4.69, 9.17) is 0 Å². The molecule has 0 radical (unpaired) electrons. The molecule has 3 rings (SSSR count). The van der Waals surface area contributed by atoms with E-state index in [1.165, 1.54) is 32.1 Å². The van der Waals surface area contributed by atoms with Gasteiger partial charge in [0.1, 0.15) is 5.82 Å². The molecule has 0 bridgehead atoms. The maximum absolute atomic E-state index is 12.1. The quantitative estimate of drug-likeness (QED) is 0.921. The van der Waals surface area contributed by atoms with Gasteiger partial charge in [-0.2, -0.15) is 0 Å². The summed E-state index contributed by atoms with van der Waals surface area (Å²) in [6, 6.07) is 6.26. The van der Waals surface area contributed by atoms with Crippen molar-refractivity contribution in [3.05, 3.63) is 30.2 Å². The molecule has 1 amide bonds. The van der Waals surface area contributed by atoms with E-state index in [1.54, 1.807) is 0 Å². The molecule has 1 saturated carbocycles. The summed E-state index contributed by atoms with van der Waals surface area (Å²) in [6.45, 7) is 0. The van der Waals surface area contributed by atoms with Crippen molar-refractivity contribution in [3.63, 3.8) is 0 Å². The van der Waals surface area contributed by atoms with Crippen LogP contribution in [0.2, 0.25) is 0 Å². The van der Waals surface area contributed by atoms with Crippen LogP contribution in [0.3, 0.4) is 0 Å². The van der Waals surface area contributed by atoms with Crippen LogP contribution in [0, 0.1) is 0 Å². The Hall–Kier alpha value is -1.91. The molecule has 23 heavy (non-hydrogen) atoms. The average Bonchev–Trinajstić information content (AvgIpc) is 2.93. The highest BCUT2D eigenvalue weighted by Gasteiger charge is 2.14. The van der Waals surface area contributed by atoms with E-state index in [1.807, 2.05) is 28.8 Å². The minimum absolute atomic E-state index is 0.185. The van der Waals surface area contributed by atoms with Crippen molar-refractivity contribution >= 4 is 11.6 Å². The number of pyridine rings is 1. The van der Waals surface area contributed by atoms with Gasteiger partial charge in [0.2, 0.25) is 5.91 Å². The zero-order chi connectivity index (χ0) is 15.9. The Morgan fingerprint density at radius 1 is 1.13 bits per heavy atom. The Labute approximate surface area is 137 Å². The fourth-order valence-corrected chi connectivity index (χ4v) is 3.37. The van der Waals surface area contributed by atoms with Crippen LogP contribution in [0.15, 0.2) is 24.4 Å². The van der Waals surface area contributed by atoms with Crippen LogP contribution in [0.5, 0.6) is 0 Å². The fraction of sp³-hybridized carbons (Fsp3) is 0.611. The topological polar surface area (TPSA) is 59.3 Å². The molecule has 2 heterocycles. The third kappa shape index (κ3) is 4.53. The van der Waals surface area contributed by atoms with Gasteiger partial charge in [-0.05, 0) is 31.4 Å². The molecule has 1 aliphatic rings. The second kappa shape index (κ2) is 8.09. The molecule has 5 heteroatoms. The first-order valence-electron chi connectivity index (χ1n) is 8.91. The van der Waals surface area contributed by atoms with E-state index in [9.17, 15) is 4.79 Å². The van der Waals surface area contributed by atoms with Crippen molar-refractivity contribution in [2.75, 3.05) is 0 Å². The molecule has 0 unspecified atom stereocenters. The molecule has 2 aromatic heterocycles. The Balaban J connectivity index is 1.43. The summed E-state index contributed by atoms with van der Waals surface area (Å²) in [4.78, 5) is 12.1. The third-order valence-electron chi connectivity index (χ3n) is 4.66. The number of hydrogen-bond acceptors (Lipinski definition) is 3. The maximum Gasteiger partial charge on any atom is 0.220 e. The summed E-state index contributed by atoms with van der Waals surface area (Å²) in [5, 5.41) is 11.6. The normalized spacial score (nSPS) is 16.9. The van der Waals surface area contributed by atoms with Gasteiger partial charge in [0, 0.05) is 25.1 Å². The van der Waals surface area contributed by atoms with Crippen LogP contribution in [0.1, 0.15) is 63.6 Å². The summed E-state index contributed by atoms with van der Waals surface area (Å²) in [5.74, 6) is 1.11. The molecule has 0 aliphatic heterocycles. The summed E-state index contributed by atoms with van der Waals surface area (Å²) in [6.07, 6.45) is 12.9. The van der Waals surface area contributed by atoms with Crippen LogP contribution < -0.4 is 5.32 Å². The highest BCUT2D eigenvalue weighted by Crippen LogP contribution is 2.17. The lowest BCUT2D eigenvalue weighted by Gasteiger charge is -2.21. The highest BCUT2D eigenvalue weighted by atomic mass is 16.1. The van der Waals surface area contributed by atoms with E-state index in [2.05, 4.69) is 15.5 Å². The number of aryl methyl sites for hydroxylation is 1. The number of fused-ring (bicyclic) bond motifs is 1. The predicted molar refractivity (Wildman–Crippen MR) is 90.2 cm³/mol. The largest absolute Gasteiger partial charge is 0.353 e. The van der Waals surface area contributed by atoms with E-state index in [-0.39, 0.29) is 5.91 Å². The number of amides is 1. The molecule has 1 N–H and O–H groups in total. The fourth-order valence-electron chi connectivity index (χ4n) is 3.37. The SMILES string of the molecule is O=C(CCCc1nnc2ccccn12)NC1CCCCCCC1. The second-order valence-corrected chi connectivity index (χ2v) is 6.51. The average molecular weight is 314 g/mol. The first kappa shape index (κ1) is 16.0. The Morgan fingerprint density at radius 3 is 2.74 bits per heavy atom. The van der Waals surface area contributed by atoms with Gasteiger partial charge >= 0.3 is 0 Å². The van der Waals surface area contributed by atoms with Crippen molar-refractivity contribution in [2.45, 2.75) is 70.3 Å². The predicted octanol–water partition coefficient (Wildman–Crippen LogP) is 3.28. The molecular weight excluding hydrogens is 288 g/mol. The molecule has 0 aromatic carbocycles. The zero-order valence-electron chi connectivity index (χ0n) is 13.7. The van der Waals surface area contributed by atoms with Crippen LogP contribution in [-0.4, -0.2) is 26.5 Å². The molecule has 0 spiro atoms. The Bertz CT molecular complexity index is 629. The molecule has 1 aliphatic carbocycles.